The van der Waals surface area contributed by atoms with E-state index in [1.165, 1.54) is 15.2 Å². The molecular formula is C17H15F2N3O2. The molecule has 0 fully saturated rings. The fourth-order valence-electron chi connectivity index (χ4n) is 2.63. The maximum absolute atomic E-state index is 13.2. The predicted molar refractivity (Wildman–Crippen MR) is 86.9 cm³/mol. The summed E-state index contributed by atoms with van der Waals surface area (Å²) in [6.07, 6.45) is 0.0536. The van der Waals surface area contributed by atoms with Crippen LogP contribution < -0.4 is 11.0 Å². The van der Waals surface area contributed by atoms with Crippen LogP contribution in [0.2, 0.25) is 0 Å². The Balaban J connectivity index is 1.81. The van der Waals surface area contributed by atoms with Gasteiger partial charge in [-0.05, 0) is 29.8 Å². The van der Waals surface area contributed by atoms with Crippen molar-refractivity contribution in [3.8, 4) is 0 Å². The third-order valence-corrected chi connectivity index (χ3v) is 3.90. The van der Waals surface area contributed by atoms with Gasteiger partial charge in [-0.15, -0.1) is 0 Å². The summed E-state index contributed by atoms with van der Waals surface area (Å²) in [5.41, 5.74) is 2.25. The van der Waals surface area contributed by atoms with Crippen molar-refractivity contribution in [2.45, 2.75) is 6.42 Å². The van der Waals surface area contributed by atoms with Gasteiger partial charge in [0, 0.05) is 25.8 Å². The smallest absolute Gasteiger partial charge is 0.326 e. The van der Waals surface area contributed by atoms with E-state index in [9.17, 15) is 18.4 Å². The van der Waals surface area contributed by atoms with Crippen molar-refractivity contribution in [2.75, 3.05) is 5.32 Å². The molecule has 0 spiro atoms. The molecule has 0 radical (unpaired) electrons. The van der Waals surface area contributed by atoms with Crippen LogP contribution in [0.5, 0.6) is 0 Å². The number of anilines is 1. The number of imidazole rings is 1. The summed E-state index contributed by atoms with van der Waals surface area (Å²) in [4.78, 5) is 24.0. The average Bonchev–Trinajstić information content (AvgIpc) is 2.75. The zero-order chi connectivity index (χ0) is 17.4. The maximum Gasteiger partial charge on any atom is 0.328 e. The number of carbonyl (C=O) groups is 1. The SMILES string of the molecule is Cn1c(=O)n(C)c2cc(CC(=O)Nc3ccc(F)c(F)c3)ccc21. The van der Waals surface area contributed by atoms with Crippen LogP contribution in [0.3, 0.4) is 0 Å². The summed E-state index contributed by atoms with van der Waals surface area (Å²) in [6.45, 7) is 0. The lowest BCUT2D eigenvalue weighted by Crippen LogP contribution is -2.19. The predicted octanol–water partition coefficient (Wildman–Crippen LogP) is 2.34. The topological polar surface area (TPSA) is 56.0 Å². The molecule has 1 aromatic heterocycles. The quantitative estimate of drug-likeness (QED) is 0.801. The van der Waals surface area contributed by atoms with Gasteiger partial charge in [0.15, 0.2) is 11.6 Å². The number of benzene rings is 2. The number of fused-ring (bicyclic) bond motifs is 1. The van der Waals surface area contributed by atoms with E-state index < -0.39 is 11.6 Å². The molecule has 0 aliphatic heterocycles. The van der Waals surface area contributed by atoms with Crippen molar-refractivity contribution in [1.29, 1.82) is 0 Å². The maximum atomic E-state index is 13.2. The van der Waals surface area contributed by atoms with Crippen molar-refractivity contribution in [3.63, 3.8) is 0 Å². The molecule has 124 valence electrons. The minimum atomic E-state index is -1.02. The van der Waals surface area contributed by atoms with Gasteiger partial charge in [-0.25, -0.2) is 13.6 Å². The van der Waals surface area contributed by atoms with Crippen LogP contribution in [0.1, 0.15) is 5.56 Å². The summed E-state index contributed by atoms with van der Waals surface area (Å²) < 4.78 is 29.1. The number of hydrogen-bond donors (Lipinski definition) is 1. The molecule has 0 aliphatic rings. The number of amides is 1. The first kappa shape index (κ1) is 15.9. The van der Waals surface area contributed by atoms with E-state index in [1.807, 2.05) is 0 Å². The van der Waals surface area contributed by atoms with E-state index >= 15 is 0 Å². The van der Waals surface area contributed by atoms with Gasteiger partial charge in [-0.2, -0.15) is 0 Å². The normalized spacial score (nSPS) is 11.0. The fraction of sp³-hybridized carbons (Fsp3) is 0.176. The Hall–Kier alpha value is -2.96. The summed E-state index contributed by atoms with van der Waals surface area (Å²) >= 11 is 0. The van der Waals surface area contributed by atoms with E-state index in [2.05, 4.69) is 5.32 Å². The van der Waals surface area contributed by atoms with Crippen molar-refractivity contribution in [3.05, 3.63) is 64.1 Å². The number of carbonyl (C=O) groups excluding carboxylic acids is 1. The molecule has 0 saturated carbocycles. The van der Waals surface area contributed by atoms with Crippen molar-refractivity contribution < 1.29 is 13.6 Å². The van der Waals surface area contributed by atoms with E-state index in [-0.39, 0.29) is 23.7 Å². The van der Waals surface area contributed by atoms with Crippen LogP contribution in [-0.4, -0.2) is 15.0 Å². The highest BCUT2D eigenvalue weighted by molar-refractivity contribution is 5.92. The van der Waals surface area contributed by atoms with Gasteiger partial charge in [0.1, 0.15) is 0 Å². The van der Waals surface area contributed by atoms with Gasteiger partial charge in [-0.1, -0.05) is 6.07 Å². The van der Waals surface area contributed by atoms with Crippen molar-refractivity contribution >= 4 is 22.6 Å². The minimum Gasteiger partial charge on any atom is -0.326 e. The Kier molecular flexibility index (Phi) is 3.92. The molecule has 0 unspecified atom stereocenters. The van der Waals surface area contributed by atoms with Gasteiger partial charge < -0.3 is 5.32 Å². The zero-order valence-corrected chi connectivity index (χ0v) is 13.1. The second-order valence-corrected chi connectivity index (χ2v) is 5.58. The number of aryl methyl sites for hydroxylation is 2. The fourth-order valence-corrected chi connectivity index (χ4v) is 2.63. The number of aromatic nitrogens is 2. The minimum absolute atomic E-state index is 0.0536. The molecule has 0 aliphatic carbocycles. The standard InChI is InChI=1S/C17H15F2N3O2/c1-21-14-6-3-10(7-15(14)22(2)17(21)24)8-16(23)20-11-4-5-12(18)13(19)9-11/h3-7,9H,8H2,1-2H3,(H,20,23). The average molecular weight is 331 g/mol. The first-order valence-corrected chi connectivity index (χ1v) is 7.26. The summed E-state index contributed by atoms with van der Waals surface area (Å²) in [7, 11) is 3.34. The molecular weight excluding hydrogens is 316 g/mol. The van der Waals surface area contributed by atoms with Crippen LogP contribution in [-0.2, 0) is 25.3 Å². The highest BCUT2D eigenvalue weighted by Gasteiger charge is 2.11. The molecule has 0 saturated heterocycles. The molecule has 1 N–H and O–H groups in total. The van der Waals surface area contributed by atoms with Gasteiger partial charge in [0.2, 0.25) is 5.91 Å². The van der Waals surface area contributed by atoms with Gasteiger partial charge >= 0.3 is 5.69 Å². The Labute approximate surface area is 136 Å². The van der Waals surface area contributed by atoms with E-state index in [1.54, 1.807) is 32.3 Å². The molecule has 1 amide bonds. The van der Waals surface area contributed by atoms with Crippen LogP contribution in [0.4, 0.5) is 14.5 Å². The van der Waals surface area contributed by atoms with Crippen LogP contribution in [0.25, 0.3) is 11.0 Å². The lowest BCUT2D eigenvalue weighted by Gasteiger charge is -2.06. The number of hydrogen-bond acceptors (Lipinski definition) is 2. The zero-order valence-electron chi connectivity index (χ0n) is 13.1. The Bertz CT molecular complexity index is 1000. The Morgan fingerprint density at radius 3 is 2.42 bits per heavy atom. The highest BCUT2D eigenvalue weighted by Crippen LogP contribution is 2.16. The summed E-state index contributed by atoms with van der Waals surface area (Å²) in [6, 6.07) is 8.47. The van der Waals surface area contributed by atoms with Gasteiger partial charge in [0.05, 0.1) is 17.5 Å². The molecule has 0 bridgehead atoms. The van der Waals surface area contributed by atoms with Crippen molar-refractivity contribution in [1.82, 2.24) is 9.13 Å². The van der Waals surface area contributed by atoms with E-state index in [4.69, 9.17) is 0 Å². The second-order valence-electron chi connectivity index (χ2n) is 5.58. The first-order valence-electron chi connectivity index (χ1n) is 7.26. The molecule has 1 heterocycles. The molecule has 3 rings (SSSR count). The molecule has 5 nitrogen and oxygen atoms in total. The number of nitrogens with zero attached hydrogens (tertiary/aromatic N) is 2. The van der Waals surface area contributed by atoms with Crippen molar-refractivity contribution in [2.24, 2.45) is 14.1 Å². The molecule has 0 atom stereocenters. The lowest BCUT2D eigenvalue weighted by molar-refractivity contribution is -0.115. The summed E-state index contributed by atoms with van der Waals surface area (Å²) in [5, 5.41) is 2.52. The van der Waals surface area contributed by atoms with Crippen LogP contribution in [0, 0.1) is 11.6 Å². The van der Waals surface area contributed by atoms with Crippen LogP contribution in [0.15, 0.2) is 41.2 Å². The summed E-state index contributed by atoms with van der Waals surface area (Å²) in [5.74, 6) is -2.35. The van der Waals surface area contributed by atoms with Gasteiger partial charge in [0.25, 0.3) is 0 Å². The molecule has 2 aromatic carbocycles. The number of nitrogens with one attached hydrogen (secondary N) is 1. The lowest BCUT2D eigenvalue weighted by atomic mass is 10.1. The van der Waals surface area contributed by atoms with Crippen LogP contribution >= 0.6 is 0 Å². The number of rotatable bonds is 3. The monoisotopic (exact) mass is 331 g/mol. The Morgan fingerprint density at radius 2 is 1.71 bits per heavy atom. The third kappa shape index (κ3) is 2.80. The molecule has 3 aromatic rings. The highest BCUT2D eigenvalue weighted by atomic mass is 19.2. The molecule has 7 heteroatoms. The Morgan fingerprint density at radius 1 is 1.00 bits per heavy atom. The van der Waals surface area contributed by atoms with E-state index in [0.717, 1.165) is 23.2 Å². The largest absolute Gasteiger partial charge is 0.328 e. The first-order chi connectivity index (χ1) is 11.4. The van der Waals surface area contributed by atoms with E-state index in [0.29, 0.717) is 5.56 Å². The molecule has 24 heavy (non-hydrogen) atoms. The van der Waals surface area contributed by atoms with Gasteiger partial charge in [-0.3, -0.25) is 13.9 Å². The second kappa shape index (κ2) is 5.92. The number of halogens is 2. The third-order valence-electron chi connectivity index (χ3n) is 3.90.